The zero-order chi connectivity index (χ0) is 16.8. The van der Waals surface area contributed by atoms with Crippen molar-refractivity contribution in [2.45, 2.75) is 32.4 Å². The van der Waals surface area contributed by atoms with Gasteiger partial charge in [0.2, 0.25) is 12.3 Å². The molecule has 1 aliphatic rings. The van der Waals surface area contributed by atoms with Crippen LogP contribution in [0.1, 0.15) is 35.7 Å². The minimum atomic E-state index is -0.369. The lowest BCUT2D eigenvalue weighted by molar-refractivity contribution is -0.125. The third-order valence-corrected chi connectivity index (χ3v) is 3.80. The van der Waals surface area contributed by atoms with Crippen LogP contribution in [0.5, 0.6) is 5.75 Å². The standard InChI is InChI=1S/C16H18N2O5/c1-11(5-6-15(21)17-10-20)18-9-13-12(16(18)22)3-2-4-14(13)23-8-7-19/h2-4,7,10-11H,5-6,8-9H2,1H3,(H,17,20,21). The summed E-state index contributed by atoms with van der Waals surface area (Å²) in [5.74, 6) is 0.0298. The molecule has 0 fully saturated rings. The largest absolute Gasteiger partial charge is 0.486 e. The molecular formula is C16H18N2O5. The van der Waals surface area contributed by atoms with Crippen molar-refractivity contribution in [3.05, 3.63) is 29.3 Å². The van der Waals surface area contributed by atoms with Crippen molar-refractivity contribution in [2.24, 2.45) is 0 Å². The van der Waals surface area contributed by atoms with Crippen molar-refractivity contribution in [3.63, 3.8) is 0 Å². The van der Waals surface area contributed by atoms with E-state index < -0.39 is 0 Å². The molecule has 122 valence electrons. The van der Waals surface area contributed by atoms with Gasteiger partial charge in [-0.1, -0.05) is 6.07 Å². The fraction of sp³-hybridized carbons (Fsp3) is 0.375. The summed E-state index contributed by atoms with van der Waals surface area (Å²) in [4.78, 5) is 46.1. The van der Waals surface area contributed by atoms with Gasteiger partial charge in [0.15, 0.2) is 6.29 Å². The summed E-state index contributed by atoms with van der Waals surface area (Å²) in [6.45, 7) is 2.16. The van der Waals surface area contributed by atoms with Crippen LogP contribution < -0.4 is 10.1 Å². The van der Waals surface area contributed by atoms with Crippen molar-refractivity contribution in [1.82, 2.24) is 10.2 Å². The van der Waals surface area contributed by atoms with Crippen LogP contribution in [0.3, 0.4) is 0 Å². The second kappa shape index (κ2) is 7.53. The summed E-state index contributed by atoms with van der Waals surface area (Å²) in [6, 6.07) is 4.99. The highest BCUT2D eigenvalue weighted by Gasteiger charge is 2.32. The van der Waals surface area contributed by atoms with Gasteiger partial charge in [0.25, 0.3) is 5.91 Å². The molecule has 1 heterocycles. The highest BCUT2D eigenvalue weighted by atomic mass is 16.5. The maximum Gasteiger partial charge on any atom is 0.254 e. The lowest BCUT2D eigenvalue weighted by Crippen LogP contribution is -2.34. The molecule has 3 amide bonds. The van der Waals surface area contributed by atoms with Crippen LogP contribution in [-0.4, -0.2) is 42.1 Å². The number of imide groups is 1. The minimum Gasteiger partial charge on any atom is -0.486 e. The number of carbonyl (C=O) groups is 4. The quantitative estimate of drug-likeness (QED) is 0.711. The summed E-state index contributed by atoms with van der Waals surface area (Å²) in [5, 5.41) is 2.08. The van der Waals surface area contributed by atoms with Crippen molar-refractivity contribution in [1.29, 1.82) is 0 Å². The van der Waals surface area contributed by atoms with Crippen LogP contribution >= 0.6 is 0 Å². The zero-order valence-electron chi connectivity index (χ0n) is 12.8. The maximum absolute atomic E-state index is 12.5. The van der Waals surface area contributed by atoms with Crippen LogP contribution in [0.2, 0.25) is 0 Å². The van der Waals surface area contributed by atoms with Gasteiger partial charge in [-0.05, 0) is 25.5 Å². The van der Waals surface area contributed by atoms with E-state index in [0.717, 1.165) is 5.56 Å². The highest BCUT2D eigenvalue weighted by molar-refractivity contribution is 5.99. The van der Waals surface area contributed by atoms with Crippen molar-refractivity contribution in [2.75, 3.05) is 6.61 Å². The SMILES string of the molecule is CC(CCC(=O)NC=O)N1Cc2c(OCC=O)cccc2C1=O. The molecule has 7 heteroatoms. The van der Waals surface area contributed by atoms with E-state index in [4.69, 9.17) is 4.74 Å². The number of fused-ring (bicyclic) bond motifs is 1. The molecule has 1 aromatic rings. The number of carbonyl (C=O) groups excluding carboxylic acids is 4. The molecule has 0 bridgehead atoms. The lowest BCUT2D eigenvalue weighted by Gasteiger charge is -2.24. The van der Waals surface area contributed by atoms with Crippen LogP contribution in [0.15, 0.2) is 18.2 Å². The molecule has 1 aromatic carbocycles. The van der Waals surface area contributed by atoms with Gasteiger partial charge < -0.3 is 9.64 Å². The average molecular weight is 318 g/mol. The van der Waals surface area contributed by atoms with E-state index in [9.17, 15) is 19.2 Å². The van der Waals surface area contributed by atoms with Gasteiger partial charge in [-0.15, -0.1) is 0 Å². The second-order valence-corrected chi connectivity index (χ2v) is 5.27. The highest BCUT2D eigenvalue weighted by Crippen LogP contribution is 2.32. The molecule has 0 saturated heterocycles. The van der Waals surface area contributed by atoms with Crippen LogP contribution in [0, 0.1) is 0 Å². The van der Waals surface area contributed by atoms with E-state index in [1.807, 2.05) is 6.92 Å². The Labute approximate surface area is 133 Å². The number of aldehydes is 1. The van der Waals surface area contributed by atoms with Gasteiger partial charge in [0.1, 0.15) is 12.4 Å². The molecule has 1 N–H and O–H groups in total. The number of benzene rings is 1. The van der Waals surface area contributed by atoms with Crippen molar-refractivity contribution in [3.8, 4) is 5.75 Å². The smallest absolute Gasteiger partial charge is 0.254 e. The van der Waals surface area contributed by atoms with Crippen LogP contribution in [-0.2, 0) is 20.9 Å². The molecule has 1 aliphatic heterocycles. The molecule has 0 radical (unpaired) electrons. The fourth-order valence-electron chi connectivity index (χ4n) is 2.57. The number of amides is 3. The second-order valence-electron chi connectivity index (χ2n) is 5.27. The van der Waals surface area contributed by atoms with Crippen LogP contribution in [0.4, 0.5) is 0 Å². The molecule has 0 spiro atoms. The predicted molar refractivity (Wildman–Crippen MR) is 80.8 cm³/mol. The minimum absolute atomic E-state index is 0.0634. The third-order valence-electron chi connectivity index (χ3n) is 3.80. The van der Waals surface area contributed by atoms with E-state index in [1.54, 1.807) is 23.1 Å². The Morgan fingerprint density at radius 1 is 1.43 bits per heavy atom. The molecule has 0 aliphatic carbocycles. The predicted octanol–water partition coefficient (Wildman–Crippen LogP) is 0.661. The van der Waals surface area contributed by atoms with Crippen molar-refractivity contribution < 1.29 is 23.9 Å². The Balaban J connectivity index is 2.06. The monoisotopic (exact) mass is 318 g/mol. The maximum atomic E-state index is 12.5. The van der Waals surface area contributed by atoms with E-state index >= 15 is 0 Å². The van der Waals surface area contributed by atoms with Gasteiger partial charge in [0.05, 0.1) is 6.54 Å². The first kappa shape index (κ1) is 16.7. The van der Waals surface area contributed by atoms with Gasteiger partial charge in [0, 0.05) is 23.6 Å². The van der Waals surface area contributed by atoms with Gasteiger partial charge in [-0.2, -0.15) is 0 Å². The number of ether oxygens (including phenoxy) is 1. The van der Waals surface area contributed by atoms with E-state index in [0.29, 0.717) is 37.0 Å². The molecular weight excluding hydrogens is 300 g/mol. The van der Waals surface area contributed by atoms with Gasteiger partial charge in [-0.25, -0.2) is 0 Å². The number of nitrogens with one attached hydrogen (secondary N) is 1. The van der Waals surface area contributed by atoms with E-state index in [2.05, 4.69) is 5.32 Å². The average Bonchev–Trinajstić information content (AvgIpc) is 2.89. The molecule has 0 aromatic heterocycles. The Bertz CT molecular complexity index is 629. The Morgan fingerprint density at radius 3 is 2.91 bits per heavy atom. The molecule has 1 atom stereocenters. The first-order valence-corrected chi connectivity index (χ1v) is 7.30. The molecule has 23 heavy (non-hydrogen) atoms. The molecule has 2 rings (SSSR count). The molecule has 1 unspecified atom stereocenters. The lowest BCUT2D eigenvalue weighted by atomic mass is 10.1. The van der Waals surface area contributed by atoms with Crippen molar-refractivity contribution >= 4 is 24.5 Å². The van der Waals surface area contributed by atoms with E-state index in [-0.39, 0.29) is 30.9 Å². The summed E-state index contributed by atoms with van der Waals surface area (Å²) >= 11 is 0. The van der Waals surface area contributed by atoms with E-state index in [1.165, 1.54) is 0 Å². The fourth-order valence-corrected chi connectivity index (χ4v) is 2.57. The topological polar surface area (TPSA) is 92.8 Å². The Morgan fingerprint density at radius 2 is 2.22 bits per heavy atom. The van der Waals surface area contributed by atoms with Gasteiger partial charge in [-0.3, -0.25) is 24.5 Å². The molecule has 7 nitrogen and oxygen atoms in total. The first-order chi connectivity index (χ1) is 11.1. The number of nitrogens with zero attached hydrogens (tertiary/aromatic N) is 1. The number of hydrogen-bond donors (Lipinski definition) is 1. The molecule has 0 saturated carbocycles. The first-order valence-electron chi connectivity index (χ1n) is 7.30. The normalized spacial score (nSPS) is 14.1. The zero-order valence-corrected chi connectivity index (χ0v) is 12.8. The number of hydrogen-bond acceptors (Lipinski definition) is 5. The van der Waals surface area contributed by atoms with Gasteiger partial charge >= 0.3 is 0 Å². The summed E-state index contributed by atoms with van der Waals surface area (Å²) in [6.07, 6.45) is 1.61. The summed E-state index contributed by atoms with van der Waals surface area (Å²) in [7, 11) is 0. The Hall–Kier alpha value is -2.70. The summed E-state index contributed by atoms with van der Waals surface area (Å²) < 4.78 is 5.35. The number of rotatable bonds is 8. The summed E-state index contributed by atoms with van der Waals surface area (Å²) in [5.41, 5.74) is 1.31. The third kappa shape index (κ3) is 3.74. The Kier molecular flexibility index (Phi) is 5.46. The van der Waals surface area contributed by atoms with Crippen LogP contribution in [0.25, 0.3) is 0 Å².